The first-order valence-electron chi connectivity index (χ1n) is 4.60. The maximum Gasteiger partial charge on any atom is 0.134 e. The van der Waals surface area contributed by atoms with Crippen LogP contribution in [0.2, 0.25) is 6.04 Å². The molecule has 3 nitrogen and oxygen atoms in total. The van der Waals surface area contributed by atoms with Gasteiger partial charge in [0.2, 0.25) is 0 Å². The van der Waals surface area contributed by atoms with Gasteiger partial charge in [-0.15, -0.1) is 0 Å². The van der Waals surface area contributed by atoms with E-state index in [1.54, 1.807) is 14.2 Å². The molecule has 2 N–H and O–H groups in total. The van der Waals surface area contributed by atoms with Crippen LogP contribution in [0.15, 0.2) is 0 Å². The average molecular weight is 191 g/mol. The van der Waals surface area contributed by atoms with Gasteiger partial charge in [0.25, 0.3) is 0 Å². The van der Waals surface area contributed by atoms with Crippen LogP contribution in [-0.2, 0) is 9.47 Å². The van der Waals surface area contributed by atoms with E-state index in [2.05, 4.69) is 0 Å². The second-order valence-corrected chi connectivity index (χ2v) is 4.84. The standard InChI is InChI=1S/C8H21NO2Si/c1-10-8(11-2)12-7-5-3-4-6-9/h8H,3-7,9,12H2,1-2H3. The number of unbranched alkanes of at least 4 members (excludes halogenated alkanes) is 2. The maximum atomic E-state index is 5.38. The summed E-state index contributed by atoms with van der Waals surface area (Å²) in [6.45, 7) is 0.819. The van der Waals surface area contributed by atoms with Gasteiger partial charge in [0, 0.05) is 14.2 Å². The van der Waals surface area contributed by atoms with Crippen LogP contribution in [-0.4, -0.2) is 36.2 Å². The van der Waals surface area contributed by atoms with Crippen LogP contribution in [0.4, 0.5) is 0 Å². The van der Waals surface area contributed by atoms with Crippen molar-refractivity contribution in [2.24, 2.45) is 5.73 Å². The van der Waals surface area contributed by atoms with E-state index in [1.807, 2.05) is 0 Å². The molecule has 4 heteroatoms. The number of ether oxygens (including phenoxy) is 2. The summed E-state index contributed by atoms with van der Waals surface area (Å²) in [5.74, 6) is 0.114. The van der Waals surface area contributed by atoms with E-state index in [-0.39, 0.29) is 15.4 Å². The highest BCUT2D eigenvalue weighted by Gasteiger charge is 2.03. The summed E-state index contributed by atoms with van der Waals surface area (Å²) in [7, 11) is 3.23. The van der Waals surface area contributed by atoms with Gasteiger partial charge in [-0.05, 0) is 13.0 Å². The fourth-order valence-electron chi connectivity index (χ4n) is 1.14. The molecule has 0 aromatic carbocycles. The summed E-state index contributed by atoms with van der Waals surface area (Å²) in [6, 6.07) is 1.30. The predicted molar refractivity (Wildman–Crippen MR) is 54.1 cm³/mol. The van der Waals surface area contributed by atoms with Crippen LogP contribution >= 0.6 is 0 Å². The summed E-state index contributed by atoms with van der Waals surface area (Å²) in [6.07, 6.45) is 3.69. The number of hydrogen-bond acceptors (Lipinski definition) is 3. The molecule has 74 valence electrons. The van der Waals surface area contributed by atoms with Crippen molar-refractivity contribution in [1.82, 2.24) is 0 Å². The van der Waals surface area contributed by atoms with Crippen molar-refractivity contribution in [3.63, 3.8) is 0 Å². The Balaban J connectivity index is 3.06. The molecule has 0 heterocycles. The van der Waals surface area contributed by atoms with Crippen LogP contribution in [0.3, 0.4) is 0 Å². The smallest absolute Gasteiger partial charge is 0.134 e. The van der Waals surface area contributed by atoms with E-state index in [4.69, 9.17) is 15.2 Å². The Morgan fingerprint density at radius 1 is 1.17 bits per heavy atom. The van der Waals surface area contributed by atoms with E-state index < -0.39 is 0 Å². The SMILES string of the molecule is COC(OC)[SiH2]CCCCCN. The first-order chi connectivity index (χ1) is 5.85. The van der Waals surface area contributed by atoms with Gasteiger partial charge in [-0.2, -0.15) is 0 Å². The third-order valence-corrected chi connectivity index (χ3v) is 3.97. The first kappa shape index (κ1) is 12.1. The zero-order chi connectivity index (χ0) is 9.23. The monoisotopic (exact) mass is 191 g/mol. The zero-order valence-corrected chi connectivity index (χ0v) is 9.63. The van der Waals surface area contributed by atoms with Crippen molar-refractivity contribution < 1.29 is 9.47 Å². The Morgan fingerprint density at radius 3 is 2.33 bits per heavy atom. The van der Waals surface area contributed by atoms with E-state index in [9.17, 15) is 0 Å². The highest BCUT2D eigenvalue weighted by atomic mass is 28.2. The van der Waals surface area contributed by atoms with Crippen LogP contribution in [0.5, 0.6) is 0 Å². The highest BCUT2D eigenvalue weighted by Crippen LogP contribution is 2.01. The minimum Gasteiger partial charge on any atom is -0.360 e. The molecule has 12 heavy (non-hydrogen) atoms. The van der Waals surface area contributed by atoms with E-state index >= 15 is 0 Å². The number of methoxy groups -OCH3 is 2. The van der Waals surface area contributed by atoms with Crippen molar-refractivity contribution in [3.8, 4) is 0 Å². The van der Waals surface area contributed by atoms with Crippen molar-refractivity contribution in [2.45, 2.75) is 31.2 Å². The molecule has 0 aromatic rings. The maximum absolute atomic E-state index is 5.38. The van der Waals surface area contributed by atoms with Gasteiger partial charge in [-0.1, -0.05) is 18.9 Å². The van der Waals surface area contributed by atoms with Gasteiger partial charge in [-0.3, -0.25) is 0 Å². The first-order valence-corrected chi connectivity index (χ1v) is 6.42. The largest absolute Gasteiger partial charge is 0.360 e. The van der Waals surface area contributed by atoms with Crippen molar-refractivity contribution in [1.29, 1.82) is 0 Å². The fourth-order valence-corrected chi connectivity index (χ4v) is 2.59. The summed E-state index contributed by atoms with van der Waals surface area (Å²) >= 11 is 0. The molecule has 0 spiro atoms. The second-order valence-electron chi connectivity index (χ2n) is 2.89. The Kier molecular flexibility index (Phi) is 9.26. The van der Waals surface area contributed by atoms with Crippen molar-refractivity contribution >= 4 is 9.52 Å². The second kappa shape index (κ2) is 9.19. The highest BCUT2D eigenvalue weighted by molar-refractivity contribution is 6.36. The lowest BCUT2D eigenvalue weighted by Gasteiger charge is -2.11. The summed E-state index contributed by atoms with van der Waals surface area (Å²) in [4.78, 5) is 0. The molecule has 0 aromatic heterocycles. The minimum atomic E-state index is -0.188. The van der Waals surface area contributed by atoms with Gasteiger partial charge >= 0.3 is 0 Å². The quantitative estimate of drug-likeness (QED) is 0.340. The lowest BCUT2D eigenvalue weighted by molar-refractivity contribution is -0.0441. The van der Waals surface area contributed by atoms with Gasteiger partial charge in [0.05, 0.1) is 9.52 Å². The molecule has 0 unspecified atom stereocenters. The molecular formula is C8H21NO2Si. The molecule has 0 radical (unpaired) electrons. The van der Waals surface area contributed by atoms with Crippen LogP contribution in [0.25, 0.3) is 0 Å². The average Bonchev–Trinajstić information content (AvgIpc) is 2.11. The van der Waals surface area contributed by atoms with E-state index in [0.29, 0.717) is 0 Å². The van der Waals surface area contributed by atoms with Crippen LogP contribution < -0.4 is 5.73 Å². The van der Waals surface area contributed by atoms with Gasteiger partial charge in [-0.25, -0.2) is 0 Å². The minimum absolute atomic E-state index is 0.114. The molecule has 0 rings (SSSR count). The molecule has 0 atom stereocenters. The molecule has 0 aliphatic rings. The summed E-state index contributed by atoms with van der Waals surface area (Å²) in [5.41, 5.74) is 5.38. The summed E-state index contributed by atoms with van der Waals surface area (Å²) in [5, 5.41) is 0. The third-order valence-electron chi connectivity index (χ3n) is 1.92. The molecule has 0 bridgehead atoms. The van der Waals surface area contributed by atoms with Gasteiger partial charge in [0.1, 0.15) is 5.91 Å². The predicted octanol–water partition coefficient (Wildman–Crippen LogP) is 0.279. The molecule has 0 amide bonds. The van der Waals surface area contributed by atoms with Gasteiger partial charge in [0.15, 0.2) is 0 Å². The summed E-state index contributed by atoms with van der Waals surface area (Å²) < 4.78 is 10.2. The Labute approximate surface area is 77.4 Å². The Hall–Kier alpha value is 0.0969. The van der Waals surface area contributed by atoms with Crippen molar-refractivity contribution in [3.05, 3.63) is 0 Å². The fraction of sp³-hybridized carbons (Fsp3) is 1.00. The zero-order valence-electron chi connectivity index (χ0n) is 8.21. The van der Waals surface area contributed by atoms with Crippen LogP contribution in [0, 0.1) is 0 Å². The molecule has 0 fully saturated rings. The van der Waals surface area contributed by atoms with E-state index in [0.717, 1.165) is 13.0 Å². The van der Waals surface area contributed by atoms with E-state index in [1.165, 1.54) is 18.9 Å². The molecular weight excluding hydrogens is 170 g/mol. The van der Waals surface area contributed by atoms with Crippen LogP contribution in [0.1, 0.15) is 19.3 Å². The third kappa shape index (κ3) is 6.79. The number of rotatable bonds is 8. The molecule has 0 aliphatic carbocycles. The normalized spacial score (nSPS) is 12.0. The number of nitrogens with two attached hydrogens (primary N) is 1. The number of hydrogen-bond donors (Lipinski definition) is 1. The lowest BCUT2D eigenvalue weighted by atomic mass is 10.2. The van der Waals surface area contributed by atoms with Crippen molar-refractivity contribution in [2.75, 3.05) is 20.8 Å². The lowest BCUT2D eigenvalue weighted by Crippen LogP contribution is -2.20. The molecule has 0 saturated heterocycles. The van der Waals surface area contributed by atoms with Gasteiger partial charge < -0.3 is 15.2 Å². The topological polar surface area (TPSA) is 44.5 Å². The molecule has 0 aliphatic heterocycles. The Morgan fingerprint density at radius 2 is 1.83 bits per heavy atom. The Bertz CT molecular complexity index is 89.1. The molecule has 0 saturated carbocycles.